The van der Waals surface area contributed by atoms with Crippen molar-refractivity contribution in [3.63, 3.8) is 0 Å². The van der Waals surface area contributed by atoms with Gasteiger partial charge in [-0.25, -0.2) is 0 Å². The molecule has 0 unspecified atom stereocenters. The lowest BCUT2D eigenvalue weighted by molar-refractivity contribution is 0.422. The van der Waals surface area contributed by atoms with Gasteiger partial charge in [0.15, 0.2) is 0 Å². The van der Waals surface area contributed by atoms with Gasteiger partial charge in [-0.3, -0.25) is 0 Å². The molecule has 19 heavy (non-hydrogen) atoms. The summed E-state index contributed by atoms with van der Waals surface area (Å²) in [6, 6.07) is 4.33. The first-order valence-corrected chi connectivity index (χ1v) is 7.23. The van der Waals surface area contributed by atoms with Crippen LogP contribution >= 0.6 is 0 Å². The van der Waals surface area contributed by atoms with Crippen LogP contribution in [0.15, 0.2) is 12.1 Å². The van der Waals surface area contributed by atoms with E-state index in [4.69, 9.17) is 0 Å². The van der Waals surface area contributed by atoms with Gasteiger partial charge < -0.3 is 5.11 Å². The molecule has 0 aromatic heterocycles. The Morgan fingerprint density at radius 1 is 0.947 bits per heavy atom. The second-order valence-electron chi connectivity index (χ2n) is 7.50. The minimum Gasteiger partial charge on any atom is -0.507 e. The fraction of sp³-hybridized carbons (Fsp3) is 0.611. The van der Waals surface area contributed by atoms with E-state index >= 15 is 0 Å². The lowest BCUT2D eigenvalue weighted by Gasteiger charge is -2.28. The Labute approximate surface area is 119 Å². The lowest BCUT2D eigenvalue weighted by Crippen LogP contribution is -2.17. The highest BCUT2D eigenvalue weighted by Gasteiger charge is 2.26. The summed E-state index contributed by atoms with van der Waals surface area (Å²) in [4.78, 5) is 0. The number of hydrogen-bond donors (Lipinski definition) is 1. The molecule has 0 spiro atoms. The van der Waals surface area contributed by atoms with Gasteiger partial charge >= 0.3 is 0 Å². The fourth-order valence-corrected chi connectivity index (χ4v) is 2.31. The maximum Gasteiger partial charge on any atom is 0.123 e. The summed E-state index contributed by atoms with van der Waals surface area (Å²) in [7, 11) is 0. The van der Waals surface area contributed by atoms with Crippen molar-refractivity contribution in [3.05, 3.63) is 35.7 Å². The Balaban J connectivity index is 3.39. The Hall–Kier alpha value is -0.980. The number of rotatable bonds is 3. The van der Waals surface area contributed by atoms with Crippen molar-refractivity contribution >= 4 is 0 Å². The molecule has 0 saturated heterocycles. The highest BCUT2D eigenvalue weighted by atomic mass is 16.3. The van der Waals surface area contributed by atoms with E-state index < -0.39 is 0 Å². The third-order valence-corrected chi connectivity index (χ3v) is 3.50. The van der Waals surface area contributed by atoms with Crippen LogP contribution < -0.4 is 0 Å². The molecule has 0 aliphatic rings. The summed E-state index contributed by atoms with van der Waals surface area (Å²) in [6.45, 7) is 16.8. The van der Waals surface area contributed by atoms with Crippen LogP contribution in [0.3, 0.4) is 0 Å². The highest BCUT2D eigenvalue weighted by molar-refractivity contribution is 5.49. The molecule has 0 amide bonds. The normalized spacial score (nSPS) is 12.8. The summed E-state index contributed by atoms with van der Waals surface area (Å²) in [5, 5.41) is 10.6. The van der Waals surface area contributed by atoms with Crippen LogP contribution in [0.2, 0.25) is 0 Å². The van der Waals surface area contributed by atoms with E-state index in [0.717, 1.165) is 30.4 Å². The first kappa shape index (κ1) is 16.1. The van der Waals surface area contributed by atoms with Crippen LogP contribution in [0.5, 0.6) is 5.75 Å². The maximum atomic E-state index is 10.6. The standard InChI is InChI=1S/C18H29O/c1-8-9-10-13-11-14(17(2,3)4)16(19)15(12-13)18(5,6)7/h11-12,19H,1,8-10H2,2-7H3. The smallest absolute Gasteiger partial charge is 0.123 e. The minimum atomic E-state index is -0.0371. The fourth-order valence-electron chi connectivity index (χ4n) is 2.31. The van der Waals surface area contributed by atoms with Gasteiger partial charge in [0.2, 0.25) is 0 Å². The molecule has 1 aromatic rings. The molecular weight excluding hydrogens is 232 g/mol. The predicted octanol–water partition coefficient (Wildman–Crippen LogP) is 5.14. The van der Waals surface area contributed by atoms with Gasteiger partial charge in [0.05, 0.1) is 0 Å². The summed E-state index contributed by atoms with van der Waals surface area (Å²) in [6.07, 6.45) is 3.09. The molecule has 1 rings (SSSR count). The van der Waals surface area contributed by atoms with Crippen LogP contribution in [-0.2, 0) is 17.3 Å². The number of unbranched alkanes of at least 4 members (excludes halogenated alkanes) is 1. The molecule has 0 fully saturated rings. The molecule has 0 saturated carbocycles. The second kappa shape index (κ2) is 5.56. The number of phenolic OH excluding ortho intramolecular Hbond substituents is 1. The minimum absolute atomic E-state index is 0.0371. The Morgan fingerprint density at radius 2 is 1.37 bits per heavy atom. The molecule has 0 aliphatic carbocycles. The average molecular weight is 261 g/mol. The van der Waals surface area contributed by atoms with Gasteiger partial charge in [-0.2, -0.15) is 0 Å². The molecule has 0 bridgehead atoms. The lowest BCUT2D eigenvalue weighted by atomic mass is 9.78. The van der Waals surface area contributed by atoms with Crippen molar-refractivity contribution in [1.29, 1.82) is 0 Å². The second-order valence-corrected chi connectivity index (χ2v) is 7.50. The van der Waals surface area contributed by atoms with E-state index in [-0.39, 0.29) is 10.8 Å². The molecule has 0 heterocycles. The quantitative estimate of drug-likeness (QED) is 0.798. The van der Waals surface area contributed by atoms with E-state index in [1.165, 1.54) is 5.56 Å². The molecule has 0 atom stereocenters. The van der Waals surface area contributed by atoms with E-state index in [1.807, 2.05) is 0 Å². The highest BCUT2D eigenvalue weighted by Crippen LogP contribution is 2.39. The van der Waals surface area contributed by atoms with Gasteiger partial charge in [-0.1, -0.05) is 67.0 Å². The van der Waals surface area contributed by atoms with Crippen molar-refractivity contribution in [2.24, 2.45) is 0 Å². The van der Waals surface area contributed by atoms with Gasteiger partial charge in [-0.15, -0.1) is 0 Å². The van der Waals surface area contributed by atoms with Gasteiger partial charge in [-0.05, 0) is 40.4 Å². The molecule has 1 aromatic carbocycles. The van der Waals surface area contributed by atoms with E-state index in [2.05, 4.69) is 60.6 Å². The van der Waals surface area contributed by atoms with Gasteiger partial charge in [0.25, 0.3) is 0 Å². The number of aryl methyl sites for hydroxylation is 1. The number of benzene rings is 1. The monoisotopic (exact) mass is 261 g/mol. The van der Waals surface area contributed by atoms with Crippen LogP contribution in [-0.4, -0.2) is 5.11 Å². The summed E-state index contributed by atoms with van der Waals surface area (Å²) >= 11 is 0. The summed E-state index contributed by atoms with van der Waals surface area (Å²) in [5.41, 5.74) is 3.35. The van der Waals surface area contributed by atoms with Crippen molar-refractivity contribution in [1.82, 2.24) is 0 Å². The topological polar surface area (TPSA) is 20.2 Å². The van der Waals surface area contributed by atoms with Crippen molar-refractivity contribution < 1.29 is 5.11 Å². The van der Waals surface area contributed by atoms with Gasteiger partial charge in [0.1, 0.15) is 5.75 Å². The van der Waals surface area contributed by atoms with Crippen molar-refractivity contribution in [2.75, 3.05) is 0 Å². The van der Waals surface area contributed by atoms with E-state index in [0.29, 0.717) is 5.75 Å². The zero-order valence-electron chi connectivity index (χ0n) is 13.4. The van der Waals surface area contributed by atoms with Gasteiger partial charge in [0, 0.05) is 0 Å². The van der Waals surface area contributed by atoms with Crippen LogP contribution in [0.25, 0.3) is 0 Å². The Kier molecular flexibility index (Phi) is 4.71. The van der Waals surface area contributed by atoms with Crippen molar-refractivity contribution in [2.45, 2.75) is 71.6 Å². The first-order chi connectivity index (χ1) is 8.57. The van der Waals surface area contributed by atoms with E-state index in [9.17, 15) is 5.11 Å². The first-order valence-electron chi connectivity index (χ1n) is 7.23. The summed E-state index contributed by atoms with van der Waals surface area (Å²) in [5.74, 6) is 0.471. The molecule has 1 radical (unpaired) electrons. The largest absolute Gasteiger partial charge is 0.507 e. The Morgan fingerprint density at radius 3 is 1.68 bits per heavy atom. The van der Waals surface area contributed by atoms with Crippen LogP contribution in [0.1, 0.15) is 71.1 Å². The molecular formula is C18H29O. The molecule has 1 N–H and O–H groups in total. The number of aromatic hydroxyl groups is 1. The maximum absolute atomic E-state index is 10.6. The Bertz CT molecular complexity index is 395. The van der Waals surface area contributed by atoms with Crippen LogP contribution in [0, 0.1) is 6.92 Å². The molecule has 0 aliphatic heterocycles. The molecule has 1 heteroatoms. The molecule has 1 nitrogen and oxygen atoms in total. The average Bonchev–Trinajstić information content (AvgIpc) is 2.24. The SMILES string of the molecule is [CH2]CCCc1cc(C(C)(C)C)c(O)c(C(C)(C)C)c1. The summed E-state index contributed by atoms with van der Waals surface area (Å²) < 4.78 is 0. The molecule has 107 valence electrons. The van der Waals surface area contributed by atoms with Crippen LogP contribution in [0.4, 0.5) is 0 Å². The predicted molar refractivity (Wildman–Crippen MR) is 83.8 cm³/mol. The van der Waals surface area contributed by atoms with E-state index in [1.54, 1.807) is 0 Å². The zero-order valence-corrected chi connectivity index (χ0v) is 13.4. The van der Waals surface area contributed by atoms with Crippen molar-refractivity contribution in [3.8, 4) is 5.75 Å². The third-order valence-electron chi connectivity index (χ3n) is 3.50. The number of phenols is 1. The zero-order chi connectivity index (χ0) is 14.8. The number of hydrogen-bond acceptors (Lipinski definition) is 1. The third kappa shape index (κ3) is 3.99.